The highest BCUT2D eigenvalue weighted by atomic mass is 16.4. The minimum Gasteiger partial charge on any atom is -0.431 e. The molecule has 0 aromatic carbocycles. The van der Waals surface area contributed by atoms with Gasteiger partial charge in [-0.05, 0) is 55.1 Å². The molecule has 0 radical (unpaired) electrons. The lowest BCUT2D eigenvalue weighted by Gasteiger charge is -2.31. The third-order valence-electron chi connectivity index (χ3n) is 4.81. The van der Waals surface area contributed by atoms with Gasteiger partial charge in [0.15, 0.2) is 0 Å². The summed E-state index contributed by atoms with van der Waals surface area (Å²) in [6, 6.07) is 3.30. The minimum absolute atomic E-state index is 0.311. The van der Waals surface area contributed by atoms with Crippen molar-refractivity contribution in [3.8, 4) is 0 Å². The second kappa shape index (κ2) is 6.13. The maximum absolute atomic E-state index is 11.0. The van der Waals surface area contributed by atoms with Gasteiger partial charge >= 0.3 is 5.63 Å². The van der Waals surface area contributed by atoms with Crippen LogP contribution in [0.5, 0.6) is 0 Å². The molecule has 1 aromatic rings. The SMILES string of the molecule is CC(C)CC[C@H](C)[C@@]1(O)CC[C@H](c2ccc(=O)oc2)C1. The van der Waals surface area contributed by atoms with Crippen molar-refractivity contribution in [2.75, 3.05) is 0 Å². The van der Waals surface area contributed by atoms with Crippen LogP contribution in [-0.4, -0.2) is 10.7 Å². The van der Waals surface area contributed by atoms with Crippen LogP contribution in [0, 0.1) is 11.8 Å². The van der Waals surface area contributed by atoms with Crippen molar-refractivity contribution in [3.63, 3.8) is 0 Å². The van der Waals surface area contributed by atoms with Crippen LogP contribution < -0.4 is 5.63 Å². The Morgan fingerprint density at radius 3 is 2.70 bits per heavy atom. The summed E-state index contributed by atoms with van der Waals surface area (Å²) in [6.45, 7) is 6.61. The Hall–Kier alpha value is -1.09. The Balaban J connectivity index is 1.99. The third-order valence-corrected chi connectivity index (χ3v) is 4.81. The average molecular weight is 278 g/mol. The van der Waals surface area contributed by atoms with Crippen LogP contribution in [0.15, 0.2) is 27.6 Å². The summed E-state index contributed by atoms with van der Waals surface area (Å²) >= 11 is 0. The highest BCUT2D eigenvalue weighted by molar-refractivity contribution is 5.17. The predicted molar refractivity (Wildman–Crippen MR) is 79.8 cm³/mol. The average Bonchev–Trinajstić information content (AvgIpc) is 2.81. The van der Waals surface area contributed by atoms with Gasteiger partial charge in [-0.15, -0.1) is 0 Å². The molecule has 3 nitrogen and oxygen atoms in total. The monoisotopic (exact) mass is 278 g/mol. The molecule has 1 fully saturated rings. The lowest BCUT2D eigenvalue weighted by molar-refractivity contribution is -0.0114. The Labute approximate surface area is 121 Å². The van der Waals surface area contributed by atoms with E-state index >= 15 is 0 Å². The van der Waals surface area contributed by atoms with E-state index in [2.05, 4.69) is 20.8 Å². The molecule has 1 heterocycles. The van der Waals surface area contributed by atoms with Crippen molar-refractivity contribution in [1.29, 1.82) is 0 Å². The summed E-state index contributed by atoms with van der Waals surface area (Å²) in [4.78, 5) is 11.0. The molecule has 3 atom stereocenters. The number of hydrogen-bond donors (Lipinski definition) is 1. The lowest BCUT2D eigenvalue weighted by atomic mass is 9.81. The molecular weight excluding hydrogens is 252 g/mol. The molecule has 0 amide bonds. The van der Waals surface area contributed by atoms with Crippen LogP contribution in [0.25, 0.3) is 0 Å². The van der Waals surface area contributed by atoms with Crippen LogP contribution in [0.3, 0.4) is 0 Å². The molecule has 0 unspecified atom stereocenters. The van der Waals surface area contributed by atoms with Crippen molar-refractivity contribution >= 4 is 0 Å². The standard InChI is InChI=1S/C17H26O3/c1-12(2)4-5-13(3)17(19)9-8-14(10-17)15-6-7-16(18)20-11-15/h6-7,11-14,19H,4-5,8-10H2,1-3H3/t13-,14-,17+/m0/s1. The predicted octanol–water partition coefficient (Wildman–Crippen LogP) is 3.71. The topological polar surface area (TPSA) is 50.4 Å². The van der Waals surface area contributed by atoms with E-state index in [0.29, 0.717) is 17.8 Å². The van der Waals surface area contributed by atoms with E-state index in [4.69, 9.17) is 4.42 Å². The zero-order valence-corrected chi connectivity index (χ0v) is 12.8. The summed E-state index contributed by atoms with van der Waals surface area (Å²) in [5.41, 5.74) is 0.166. The molecular formula is C17H26O3. The van der Waals surface area contributed by atoms with E-state index in [1.165, 1.54) is 6.07 Å². The van der Waals surface area contributed by atoms with Crippen LogP contribution in [0.2, 0.25) is 0 Å². The van der Waals surface area contributed by atoms with Gasteiger partial charge in [-0.25, -0.2) is 4.79 Å². The van der Waals surface area contributed by atoms with Gasteiger partial charge in [-0.1, -0.05) is 27.2 Å². The third kappa shape index (κ3) is 3.51. The zero-order valence-electron chi connectivity index (χ0n) is 12.8. The minimum atomic E-state index is -0.560. The molecule has 1 saturated carbocycles. The van der Waals surface area contributed by atoms with Crippen molar-refractivity contribution in [2.45, 2.75) is 64.4 Å². The highest BCUT2D eigenvalue weighted by Gasteiger charge is 2.41. The van der Waals surface area contributed by atoms with Crippen molar-refractivity contribution in [1.82, 2.24) is 0 Å². The first-order valence-corrected chi connectivity index (χ1v) is 7.72. The lowest BCUT2D eigenvalue weighted by Crippen LogP contribution is -2.33. The second-order valence-electron chi connectivity index (χ2n) is 6.80. The molecule has 1 N–H and O–H groups in total. The van der Waals surface area contributed by atoms with Crippen molar-refractivity contribution in [2.24, 2.45) is 11.8 Å². The van der Waals surface area contributed by atoms with E-state index in [9.17, 15) is 9.90 Å². The van der Waals surface area contributed by atoms with Crippen molar-refractivity contribution in [3.05, 3.63) is 34.4 Å². The summed E-state index contributed by atoms with van der Waals surface area (Å²) in [5.74, 6) is 1.32. The smallest absolute Gasteiger partial charge is 0.335 e. The first-order chi connectivity index (χ1) is 9.40. The Morgan fingerprint density at radius 1 is 1.35 bits per heavy atom. The van der Waals surface area contributed by atoms with E-state index in [0.717, 1.165) is 37.7 Å². The van der Waals surface area contributed by atoms with Gasteiger partial charge in [-0.3, -0.25) is 0 Å². The largest absolute Gasteiger partial charge is 0.431 e. The van der Waals surface area contributed by atoms with Gasteiger partial charge in [0.2, 0.25) is 0 Å². The van der Waals surface area contributed by atoms with Gasteiger partial charge in [0.1, 0.15) is 0 Å². The quantitative estimate of drug-likeness (QED) is 0.893. The molecule has 1 aromatic heterocycles. The molecule has 112 valence electrons. The second-order valence-corrected chi connectivity index (χ2v) is 6.80. The Bertz CT molecular complexity index is 471. The molecule has 20 heavy (non-hydrogen) atoms. The van der Waals surface area contributed by atoms with Gasteiger partial charge in [0.05, 0.1) is 11.9 Å². The summed E-state index contributed by atoms with van der Waals surface area (Å²) < 4.78 is 4.94. The van der Waals surface area contributed by atoms with E-state index in [1.807, 2.05) is 6.07 Å². The van der Waals surface area contributed by atoms with E-state index in [1.54, 1.807) is 6.26 Å². The van der Waals surface area contributed by atoms with Gasteiger partial charge in [0, 0.05) is 6.07 Å². The number of aliphatic hydroxyl groups is 1. The number of hydrogen-bond acceptors (Lipinski definition) is 3. The zero-order chi connectivity index (χ0) is 14.8. The first-order valence-electron chi connectivity index (χ1n) is 7.72. The number of rotatable bonds is 5. The maximum Gasteiger partial charge on any atom is 0.335 e. The first kappa shape index (κ1) is 15.3. The van der Waals surface area contributed by atoms with Gasteiger partial charge < -0.3 is 9.52 Å². The fraction of sp³-hybridized carbons (Fsp3) is 0.706. The summed E-state index contributed by atoms with van der Waals surface area (Å²) in [5, 5.41) is 10.9. The summed E-state index contributed by atoms with van der Waals surface area (Å²) in [7, 11) is 0. The molecule has 1 aliphatic rings. The molecule has 1 aliphatic carbocycles. The van der Waals surface area contributed by atoms with Gasteiger partial charge in [0.25, 0.3) is 0 Å². The molecule has 2 rings (SSSR count). The van der Waals surface area contributed by atoms with E-state index in [-0.39, 0.29) is 5.63 Å². The van der Waals surface area contributed by atoms with Crippen LogP contribution in [0.1, 0.15) is 64.4 Å². The maximum atomic E-state index is 11.0. The fourth-order valence-electron chi connectivity index (χ4n) is 3.24. The summed E-state index contributed by atoms with van der Waals surface area (Å²) in [6.07, 6.45) is 6.38. The van der Waals surface area contributed by atoms with Gasteiger partial charge in [-0.2, -0.15) is 0 Å². The highest BCUT2D eigenvalue weighted by Crippen LogP contribution is 2.45. The molecule has 0 aliphatic heterocycles. The molecule has 0 saturated heterocycles. The molecule has 0 bridgehead atoms. The normalized spacial score (nSPS) is 27.9. The van der Waals surface area contributed by atoms with Crippen LogP contribution >= 0.6 is 0 Å². The molecule has 3 heteroatoms. The Morgan fingerprint density at radius 2 is 2.10 bits per heavy atom. The van der Waals surface area contributed by atoms with Crippen molar-refractivity contribution < 1.29 is 9.52 Å². The fourth-order valence-corrected chi connectivity index (χ4v) is 3.24. The Kier molecular flexibility index (Phi) is 4.69. The molecule has 0 spiro atoms. The van der Waals surface area contributed by atoms with Crippen LogP contribution in [-0.2, 0) is 0 Å². The van der Waals surface area contributed by atoms with Crippen LogP contribution in [0.4, 0.5) is 0 Å². The van der Waals surface area contributed by atoms with E-state index < -0.39 is 5.60 Å².